The van der Waals surface area contributed by atoms with E-state index in [1.807, 2.05) is 32.0 Å². The van der Waals surface area contributed by atoms with Crippen LogP contribution in [0.4, 0.5) is 5.82 Å². The summed E-state index contributed by atoms with van der Waals surface area (Å²) in [5.41, 5.74) is 3.19. The maximum atomic E-state index is 12.4. The minimum absolute atomic E-state index is 0.0762. The number of anilines is 1. The highest BCUT2D eigenvalue weighted by Crippen LogP contribution is 2.19. The number of piperidine rings is 1. The molecule has 1 N–H and O–H groups in total. The smallest absolute Gasteiger partial charge is 0.228 e. The molecular formula is C19H27N5O. The summed E-state index contributed by atoms with van der Waals surface area (Å²) >= 11 is 0. The third-order valence-electron chi connectivity index (χ3n) is 4.83. The molecule has 0 atom stereocenters. The summed E-state index contributed by atoms with van der Waals surface area (Å²) in [5.74, 6) is 0.820. The van der Waals surface area contributed by atoms with Crippen molar-refractivity contribution in [1.82, 2.24) is 19.7 Å². The van der Waals surface area contributed by atoms with Crippen molar-refractivity contribution in [1.29, 1.82) is 0 Å². The fourth-order valence-electron chi connectivity index (χ4n) is 3.40. The van der Waals surface area contributed by atoms with Crippen molar-refractivity contribution < 1.29 is 4.79 Å². The number of carbonyl (C=O) groups is 1. The third-order valence-corrected chi connectivity index (χ3v) is 4.83. The molecule has 0 spiro atoms. The van der Waals surface area contributed by atoms with Crippen LogP contribution in [-0.2, 0) is 11.3 Å². The molecule has 25 heavy (non-hydrogen) atoms. The molecule has 1 aliphatic heterocycles. The number of hydrogen-bond donors (Lipinski definition) is 1. The van der Waals surface area contributed by atoms with Crippen LogP contribution in [0, 0.1) is 26.7 Å². The van der Waals surface area contributed by atoms with Gasteiger partial charge in [-0.1, -0.05) is 6.07 Å². The first kappa shape index (κ1) is 17.6. The van der Waals surface area contributed by atoms with Crippen LogP contribution in [0.3, 0.4) is 0 Å². The Morgan fingerprint density at radius 2 is 1.92 bits per heavy atom. The van der Waals surface area contributed by atoms with Crippen molar-refractivity contribution in [2.24, 2.45) is 5.92 Å². The molecule has 1 fully saturated rings. The molecule has 3 heterocycles. The molecule has 6 nitrogen and oxygen atoms in total. The first-order chi connectivity index (χ1) is 12.0. The largest absolute Gasteiger partial charge is 0.310 e. The average Bonchev–Trinajstić information content (AvgIpc) is 2.91. The van der Waals surface area contributed by atoms with Gasteiger partial charge in [-0.25, -0.2) is 4.98 Å². The number of likely N-dealkylation sites (tertiary alicyclic amines) is 1. The van der Waals surface area contributed by atoms with Gasteiger partial charge in [0, 0.05) is 23.9 Å². The fourth-order valence-corrected chi connectivity index (χ4v) is 3.40. The van der Waals surface area contributed by atoms with Crippen LogP contribution in [0.2, 0.25) is 0 Å². The molecule has 0 aliphatic carbocycles. The van der Waals surface area contributed by atoms with Crippen LogP contribution in [0.15, 0.2) is 24.3 Å². The number of rotatable bonds is 5. The lowest BCUT2D eigenvalue weighted by molar-refractivity contribution is -0.121. The first-order valence-electron chi connectivity index (χ1n) is 8.99. The standard InChI is InChI=1S/C19H27N5O/c1-14-5-4-6-18(20-14)21-19(25)17-7-9-23(10-8-17)11-12-24-16(3)13-15(2)22-24/h4-6,13,17H,7-12H2,1-3H3,(H,20,21,25). The molecule has 1 aliphatic rings. The van der Waals surface area contributed by atoms with E-state index in [-0.39, 0.29) is 11.8 Å². The highest BCUT2D eigenvalue weighted by molar-refractivity contribution is 5.91. The summed E-state index contributed by atoms with van der Waals surface area (Å²) in [6.07, 6.45) is 1.80. The van der Waals surface area contributed by atoms with Crippen molar-refractivity contribution in [2.75, 3.05) is 25.0 Å². The second kappa shape index (κ2) is 7.78. The molecule has 1 saturated heterocycles. The Morgan fingerprint density at radius 1 is 1.16 bits per heavy atom. The summed E-state index contributed by atoms with van der Waals surface area (Å²) in [5, 5.41) is 7.46. The molecule has 0 unspecified atom stereocenters. The van der Waals surface area contributed by atoms with E-state index in [1.165, 1.54) is 5.69 Å². The van der Waals surface area contributed by atoms with E-state index in [2.05, 4.69) is 38.0 Å². The summed E-state index contributed by atoms with van der Waals surface area (Å²) < 4.78 is 2.07. The lowest BCUT2D eigenvalue weighted by atomic mass is 9.96. The predicted molar refractivity (Wildman–Crippen MR) is 98.5 cm³/mol. The highest BCUT2D eigenvalue weighted by Gasteiger charge is 2.25. The second-order valence-electron chi connectivity index (χ2n) is 6.92. The van der Waals surface area contributed by atoms with E-state index < -0.39 is 0 Å². The molecule has 0 radical (unpaired) electrons. The average molecular weight is 341 g/mol. The zero-order valence-corrected chi connectivity index (χ0v) is 15.3. The Kier molecular flexibility index (Phi) is 5.48. The molecule has 3 rings (SSSR count). The molecule has 1 amide bonds. The molecule has 0 aromatic carbocycles. The lowest BCUT2D eigenvalue weighted by Gasteiger charge is -2.31. The molecule has 0 bridgehead atoms. The maximum absolute atomic E-state index is 12.4. The number of aromatic nitrogens is 3. The Hall–Kier alpha value is -2.21. The van der Waals surface area contributed by atoms with Crippen molar-refractivity contribution in [3.8, 4) is 0 Å². The van der Waals surface area contributed by atoms with E-state index >= 15 is 0 Å². The van der Waals surface area contributed by atoms with Gasteiger partial charge in [-0.2, -0.15) is 5.10 Å². The number of aryl methyl sites for hydroxylation is 3. The van der Waals surface area contributed by atoms with Gasteiger partial charge in [0.1, 0.15) is 5.82 Å². The maximum Gasteiger partial charge on any atom is 0.228 e. The zero-order valence-electron chi connectivity index (χ0n) is 15.3. The lowest BCUT2D eigenvalue weighted by Crippen LogP contribution is -2.39. The van der Waals surface area contributed by atoms with Crippen LogP contribution in [0.1, 0.15) is 29.9 Å². The van der Waals surface area contributed by atoms with Crippen LogP contribution < -0.4 is 5.32 Å². The number of nitrogens with one attached hydrogen (secondary N) is 1. The Bertz CT molecular complexity index is 731. The summed E-state index contributed by atoms with van der Waals surface area (Å²) in [6.45, 7) is 9.85. The van der Waals surface area contributed by atoms with E-state index in [1.54, 1.807) is 0 Å². The van der Waals surface area contributed by atoms with E-state index in [0.717, 1.165) is 50.4 Å². The molecule has 134 valence electrons. The van der Waals surface area contributed by atoms with E-state index in [9.17, 15) is 4.79 Å². The van der Waals surface area contributed by atoms with Crippen LogP contribution in [0.5, 0.6) is 0 Å². The zero-order chi connectivity index (χ0) is 17.8. The predicted octanol–water partition coefficient (Wildman–Crippen LogP) is 2.55. The number of carbonyl (C=O) groups excluding carboxylic acids is 1. The second-order valence-corrected chi connectivity index (χ2v) is 6.92. The van der Waals surface area contributed by atoms with Gasteiger partial charge in [0.2, 0.25) is 5.91 Å². The number of amides is 1. The van der Waals surface area contributed by atoms with Crippen molar-refractivity contribution in [3.05, 3.63) is 41.3 Å². The van der Waals surface area contributed by atoms with Crippen molar-refractivity contribution in [2.45, 2.75) is 40.2 Å². The minimum Gasteiger partial charge on any atom is -0.310 e. The van der Waals surface area contributed by atoms with E-state index in [0.29, 0.717) is 5.82 Å². The monoisotopic (exact) mass is 341 g/mol. The normalized spacial score (nSPS) is 16.1. The molecule has 0 saturated carbocycles. The van der Waals surface area contributed by atoms with Crippen LogP contribution >= 0.6 is 0 Å². The Labute approximate surface area is 149 Å². The number of hydrogen-bond acceptors (Lipinski definition) is 4. The third kappa shape index (κ3) is 4.66. The Balaban J connectivity index is 1.45. The Morgan fingerprint density at radius 3 is 2.56 bits per heavy atom. The van der Waals surface area contributed by atoms with Gasteiger partial charge in [-0.3, -0.25) is 9.48 Å². The van der Waals surface area contributed by atoms with Gasteiger partial charge < -0.3 is 10.2 Å². The van der Waals surface area contributed by atoms with Gasteiger partial charge in [0.25, 0.3) is 0 Å². The summed E-state index contributed by atoms with van der Waals surface area (Å²) in [7, 11) is 0. The van der Waals surface area contributed by atoms with Gasteiger partial charge >= 0.3 is 0 Å². The molecular weight excluding hydrogens is 314 g/mol. The fraction of sp³-hybridized carbons (Fsp3) is 0.526. The summed E-state index contributed by atoms with van der Waals surface area (Å²) in [4.78, 5) is 19.2. The summed E-state index contributed by atoms with van der Waals surface area (Å²) in [6, 6.07) is 7.79. The quantitative estimate of drug-likeness (QED) is 0.908. The minimum atomic E-state index is 0.0762. The number of nitrogens with zero attached hydrogens (tertiary/aromatic N) is 4. The van der Waals surface area contributed by atoms with Crippen LogP contribution in [-0.4, -0.2) is 45.2 Å². The van der Waals surface area contributed by atoms with E-state index in [4.69, 9.17) is 0 Å². The van der Waals surface area contributed by atoms with Crippen molar-refractivity contribution >= 4 is 11.7 Å². The highest BCUT2D eigenvalue weighted by atomic mass is 16.1. The topological polar surface area (TPSA) is 63.1 Å². The van der Waals surface area contributed by atoms with Gasteiger partial charge in [0.15, 0.2) is 0 Å². The molecule has 2 aromatic rings. The molecule has 6 heteroatoms. The SMILES string of the molecule is Cc1cccc(NC(=O)C2CCN(CCn3nc(C)cc3C)CC2)n1. The molecule has 2 aromatic heterocycles. The van der Waals surface area contributed by atoms with Crippen LogP contribution in [0.25, 0.3) is 0 Å². The van der Waals surface area contributed by atoms with Crippen molar-refractivity contribution in [3.63, 3.8) is 0 Å². The first-order valence-corrected chi connectivity index (χ1v) is 8.99. The van der Waals surface area contributed by atoms with Gasteiger partial charge in [-0.05, 0) is 64.9 Å². The van der Waals surface area contributed by atoms with Gasteiger partial charge in [-0.15, -0.1) is 0 Å². The number of pyridine rings is 1. The van der Waals surface area contributed by atoms with Gasteiger partial charge in [0.05, 0.1) is 12.2 Å².